The number of hydrogen-bond acceptors (Lipinski definition) is 5. The molecule has 0 radical (unpaired) electrons. The molecule has 2 aromatic rings. The smallest absolute Gasteiger partial charge is 0.270 e. The highest BCUT2D eigenvalue weighted by Crippen LogP contribution is 2.34. The average Bonchev–Trinajstić information content (AvgIpc) is 3.15. The lowest BCUT2D eigenvalue weighted by Gasteiger charge is -2.36. The zero-order valence-electron chi connectivity index (χ0n) is 14.6. The Kier molecular flexibility index (Phi) is 4.29. The van der Waals surface area contributed by atoms with E-state index in [4.69, 9.17) is 0 Å². The summed E-state index contributed by atoms with van der Waals surface area (Å²) in [6.45, 7) is 5.15. The van der Waals surface area contributed by atoms with Crippen molar-refractivity contribution >= 4 is 22.3 Å². The summed E-state index contributed by atoms with van der Waals surface area (Å²) in [5.74, 6) is 0.752. The van der Waals surface area contributed by atoms with Gasteiger partial charge in [-0.05, 0) is 57.2 Å². The Morgan fingerprint density at radius 2 is 2.04 bits per heavy atom. The van der Waals surface area contributed by atoms with Crippen LogP contribution in [0.4, 0.5) is 11.4 Å². The third kappa shape index (κ3) is 3.18. The van der Waals surface area contributed by atoms with E-state index >= 15 is 0 Å². The number of nitrogens with zero attached hydrogens (tertiary/aromatic N) is 3. The zero-order chi connectivity index (χ0) is 17.4. The highest BCUT2D eigenvalue weighted by molar-refractivity contribution is 5.93. The molecular weight excluding hydrogens is 316 g/mol. The minimum atomic E-state index is -0.332. The number of anilines is 1. The Balaban J connectivity index is 1.62. The fraction of sp³-hybridized carbons (Fsp3) is 0.526. The summed E-state index contributed by atoms with van der Waals surface area (Å²) in [4.78, 5) is 17.8. The quantitative estimate of drug-likeness (QED) is 0.685. The van der Waals surface area contributed by atoms with Crippen LogP contribution in [-0.2, 0) is 0 Å². The van der Waals surface area contributed by atoms with Crippen molar-refractivity contribution in [2.45, 2.75) is 38.6 Å². The largest absolute Gasteiger partial charge is 0.371 e. The number of nitrogens with one attached hydrogen (secondary N) is 1. The van der Waals surface area contributed by atoms with Crippen molar-refractivity contribution in [1.82, 2.24) is 10.3 Å². The maximum atomic E-state index is 11.2. The predicted octanol–water partition coefficient (Wildman–Crippen LogP) is 3.42. The Morgan fingerprint density at radius 1 is 1.24 bits per heavy atom. The lowest BCUT2D eigenvalue weighted by atomic mass is 9.88. The zero-order valence-corrected chi connectivity index (χ0v) is 14.6. The van der Waals surface area contributed by atoms with Crippen LogP contribution < -0.4 is 10.2 Å². The van der Waals surface area contributed by atoms with Gasteiger partial charge in [-0.15, -0.1) is 0 Å². The molecule has 0 bridgehead atoms. The summed E-state index contributed by atoms with van der Waals surface area (Å²) >= 11 is 0. The summed E-state index contributed by atoms with van der Waals surface area (Å²) in [6.07, 6.45) is 4.95. The number of aromatic nitrogens is 1. The first-order valence-corrected chi connectivity index (χ1v) is 9.16. The molecule has 2 fully saturated rings. The molecule has 0 amide bonds. The SMILES string of the molecule is Cc1cc(N2CCC(C3CCCN3)CC2)c2cc([N+](=O)[O-])ccc2n1. The predicted molar refractivity (Wildman–Crippen MR) is 99.1 cm³/mol. The number of piperidine rings is 1. The van der Waals surface area contributed by atoms with Crippen molar-refractivity contribution in [1.29, 1.82) is 0 Å². The van der Waals surface area contributed by atoms with Gasteiger partial charge in [0.2, 0.25) is 0 Å². The molecule has 1 N–H and O–H groups in total. The van der Waals surface area contributed by atoms with Crippen LogP contribution in [0.25, 0.3) is 10.9 Å². The second-order valence-electron chi connectivity index (χ2n) is 7.27. The van der Waals surface area contributed by atoms with Gasteiger partial charge in [0.1, 0.15) is 0 Å². The third-order valence-corrected chi connectivity index (χ3v) is 5.66. The Morgan fingerprint density at radius 3 is 2.72 bits per heavy atom. The summed E-state index contributed by atoms with van der Waals surface area (Å²) in [7, 11) is 0. The topological polar surface area (TPSA) is 71.3 Å². The molecule has 2 aliphatic rings. The molecular formula is C19H24N4O2. The van der Waals surface area contributed by atoms with E-state index in [0.29, 0.717) is 6.04 Å². The highest BCUT2D eigenvalue weighted by Gasteiger charge is 2.29. The molecule has 1 atom stereocenters. The number of fused-ring (bicyclic) bond motifs is 1. The van der Waals surface area contributed by atoms with E-state index in [9.17, 15) is 10.1 Å². The molecule has 2 saturated heterocycles. The molecule has 6 nitrogen and oxygen atoms in total. The van der Waals surface area contributed by atoms with Crippen LogP contribution in [0, 0.1) is 23.0 Å². The second-order valence-corrected chi connectivity index (χ2v) is 7.27. The summed E-state index contributed by atoms with van der Waals surface area (Å²) in [6, 6.07) is 7.72. The summed E-state index contributed by atoms with van der Waals surface area (Å²) in [5.41, 5.74) is 3.00. The molecule has 0 saturated carbocycles. The number of hydrogen-bond donors (Lipinski definition) is 1. The molecule has 1 aromatic carbocycles. The van der Waals surface area contributed by atoms with Gasteiger partial charge in [0.05, 0.1) is 10.4 Å². The van der Waals surface area contributed by atoms with Crippen molar-refractivity contribution in [3.63, 3.8) is 0 Å². The minimum Gasteiger partial charge on any atom is -0.371 e. The van der Waals surface area contributed by atoms with Crippen LogP contribution in [0.15, 0.2) is 24.3 Å². The Bertz CT molecular complexity index is 793. The van der Waals surface area contributed by atoms with Crippen molar-refractivity contribution in [2.24, 2.45) is 5.92 Å². The lowest BCUT2D eigenvalue weighted by molar-refractivity contribution is -0.384. The summed E-state index contributed by atoms with van der Waals surface area (Å²) in [5, 5.41) is 15.7. The monoisotopic (exact) mass is 340 g/mol. The van der Waals surface area contributed by atoms with Crippen LogP contribution in [0.1, 0.15) is 31.4 Å². The van der Waals surface area contributed by atoms with Gasteiger partial charge in [-0.1, -0.05) is 0 Å². The number of benzene rings is 1. The first-order chi connectivity index (χ1) is 12.1. The van der Waals surface area contributed by atoms with Crippen molar-refractivity contribution in [3.8, 4) is 0 Å². The number of nitro groups is 1. The molecule has 25 heavy (non-hydrogen) atoms. The average molecular weight is 340 g/mol. The van der Waals surface area contributed by atoms with Gasteiger partial charge in [-0.2, -0.15) is 0 Å². The number of non-ortho nitro benzene ring substituents is 1. The van der Waals surface area contributed by atoms with Gasteiger partial charge in [0.25, 0.3) is 5.69 Å². The standard InChI is InChI=1S/C19H24N4O2/c1-13-11-19(16-12-15(23(24)25)4-5-18(16)21-13)22-9-6-14(7-10-22)17-3-2-8-20-17/h4-5,11-12,14,17,20H,2-3,6-10H2,1H3. The van der Waals surface area contributed by atoms with Crippen LogP contribution in [0.5, 0.6) is 0 Å². The maximum Gasteiger partial charge on any atom is 0.270 e. The highest BCUT2D eigenvalue weighted by atomic mass is 16.6. The molecule has 6 heteroatoms. The van der Waals surface area contributed by atoms with Crippen LogP contribution >= 0.6 is 0 Å². The number of aryl methyl sites for hydroxylation is 1. The fourth-order valence-electron chi connectivity index (χ4n) is 4.36. The van der Waals surface area contributed by atoms with Gasteiger partial charge in [-0.25, -0.2) is 0 Å². The van der Waals surface area contributed by atoms with Gasteiger partial charge >= 0.3 is 0 Å². The minimum absolute atomic E-state index is 0.129. The van der Waals surface area contributed by atoms with Crippen molar-refractivity contribution in [2.75, 3.05) is 24.5 Å². The van der Waals surface area contributed by atoms with Crippen molar-refractivity contribution in [3.05, 3.63) is 40.1 Å². The van der Waals surface area contributed by atoms with E-state index in [-0.39, 0.29) is 10.6 Å². The summed E-state index contributed by atoms with van der Waals surface area (Å²) < 4.78 is 0. The Labute approximate surface area is 147 Å². The van der Waals surface area contributed by atoms with Crippen LogP contribution in [0.3, 0.4) is 0 Å². The van der Waals surface area contributed by atoms with Gasteiger partial charge in [0.15, 0.2) is 0 Å². The number of rotatable bonds is 3. The van der Waals surface area contributed by atoms with Crippen molar-refractivity contribution < 1.29 is 4.92 Å². The molecule has 3 heterocycles. The maximum absolute atomic E-state index is 11.2. The molecule has 1 unspecified atom stereocenters. The molecule has 1 aromatic heterocycles. The van der Waals surface area contributed by atoms with Crippen LogP contribution in [0.2, 0.25) is 0 Å². The molecule has 2 aliphatic heterocycles. The van der Waals surface area contributed by atoms with E-state index < -0.39 is 0 Å². The second kappa shape index (κ2) is 6.59. The van der Waals surface area contributed by atoms with E-state index in [0.717, 1.165) is 47.8 Å². The van der Waals surface area contributed by atoms with Crippen LogP contribution in [-0.4, -0.2) is 35.6 Å². The lowest BCUT2D eigenvalue weighted by Crippen LogP contribution is -2.41. The van der Waals surface area contributed by atoms with Gasteiger partial charge < -0.3 is 10.2 Å². The first kappa shape index (κ1) is 16.3. The first-order valence-electron chi connectivity index (χ1n) is 9.16. The fourth-order valence-corrected chi connectivity index (χ4v) is 4.36. The number of pyridine rings is 1. The van der Waals surface area contributed by atoms with E-state index in [1.807, 2.05) is 6.92 Å². The molecule has 132 valence electrons. The number of nitro benzene ring substituents is 1. The Hall–Kier alpha value is -2.21. The molecule has 0 aliphatic carbocycles. The molecule has 0 spiro atoms. The van der Waals surface area contributed by atoms with E-state index in [1.165, 1.54) is 31.7 Å². The van der Waals surface area contributed by atoms with Gasteiger partial charge in [0, 0.05) is 48.0 Å². The van der Waals surface area contributed by atoms with E-state index in [2.05, 4.69) is 21.3 Å². The van der Waals surface area contributed by atoms with Gasteiger partial charge in [-0.3, -0.25) is 15.1 Å². The van der Waals surface area contributed by atoms with E-state index in [1.54, 1.807) is 12.1 Å². The normalized spacial score (nSPS) is 21.8. The molecule has 4 rings (SSSR count). The third-order valence-electron chi connectivity index (χ3n) is 5.66.